The van der Waals surface area contributed by atoms with E-state index in [4.69, 9.17) is 13.3 Å². The minimum atomic E-state index is -4.33. The van der Waals surface area contributed by atoms with Gasteiger partial charge in [0.1, 0.15) is 11.4 Å². The van der Waals surface area contributed by atoms with Gasteiger partial charge in [0.05, 0.1) is 10.6 Å². The van der Waals surface area contributed by atoms with Crippen molar-refractivity contribution in [1.29, 1.82) is 0 Å². The van der Waals surface area contributed by atoms with Crippen LogP contribution in [0, 0.1) is 6.92 Å². The van der Waals surface area contributed by atoms with Crippen molar-refractivity contribution in [2.24, 2.45) is 10.2 Å². The van der Waals surface area contributed by atoms with Crippen molar-refractivity contribution in [1.82, 2.24) is 0 Å². The lowest BCUT2D eigenvalue weighted by Crippen LogP contribution is -1.98. The second kappa shape index (κ2) is 7.64. The fourth-order valence-corrected chi connectivity index (χ4v) is 3.43. The SMILES string of the molecule is Cc1cc(S(=O)(=O)O)ccc1N=Nc1c(O)ccc2c(OS(=O)O)cccc12. The first-order valence-electron chi connectivity index (χ1n) is 7.70. The molecule has 9 nitrogen and oxygen atoms in total. The molecular formula is C17H14N2O7S2. The van der Waals surface area contributed by atoms with Crippen molar-refractivity contribution in [2.45, 2.75) is 11.8 Å². The number of azo groups is 1. The standard InChI is InChI=1S/C17H14N2O7S2/c1-10-9-11(28(23,24)25)5-7-14(10)18-19-17-13-3-2-4-16(26-27(21)22)12(13)6-8-15(17)20/h2-9,20H,1H3,(H,21,22)(H,23,24,25). The van der Waals surface area contributed by atoms with E-state index in [0.717, 1.165) is 0 Å². The van der Waals surface area contributed by atoms with Crippen LogP contribution in [0.3, 0.4) is 0 Å². The molecule has 146 valence electrons. The maximum Gasteiger partial charge on any atom is 0.357 e. The van der Waals surface area contributed by atoms with Crippen LogP contribution < -0.4 is 4.18 Å². The predicted molar refractivity (Wildman–Crippen MR) is 102 cm³/mol. The summed E-state index contributed by atoms with van der Waals surface area (Å²) < 4.78 is 56.2. The molecule has 0 fully saturated rings. The highest BCUT2D eigenvalue weighted by Gasteiger charge is 2.13. The summed E-state index contributed by atoms with van der Waals surface area (Å²) in [6.45, 7) is 1.59. The van der Waals surface area contributed by atoms with Gasteiger partial charge in [-0.1, -0.05) is 12.1 Å². The molecule has 0 radical (unpaired) electrons. The number of phenols is 1. The number of rotatable bonds is 5. The Hall–Kier alpha value is -2.86. The summed E-state index contributed by atoms with van der Waals surface area (Å²) in [5.74, 6) is -0.0470. The fraction of sp³-hybridized carbons (Fsp3) is 0.0588. The van der Waals surface area contributed by atoms with Crippen molar-refractivity contribution in [3.63, 3.8) is 0 Å². The van der Waals surface area contributed by atoms with Crippen LogP contribution in [0.4, 0.5) is 11.4 Å². The summed E-state index contributed by atoms with van der Waals surface area (Å²) in [4.78, 5) is -0.268. The van der Waals surface area contributed by atoms with Crippen molar-refractivity contribution in [3.8, 4) is 11.5 Å². The maximum atomic E-state index is 11.2. The summed E-state index contributed by atoms with van der Waals surface area (Å²) >= 11 is -2.52. The first kappa shape index (κ1) is 19.9. The Labute approximate surface area is 162 Å². The lowest BCUT2D eigenvalue weighted by molar-refractivity contribution is 0.460. The highest BCUT2D eigenvalue weighted by Crippen LogP contribution is 2.39. The zero-order valence-corrected chi connectivity index (χ0v) is 15.9. The van der Waals surface area contributed by atoms with Crippen LogP contribution in [-0.2, 0) is 21.5 Å². The van der Waals surface area contributed by atoms with E-state index in [9.17, 15) is 17.7 Å². The van der Waals surface area contributed by atoms with E-state index >= 15 is 0 Å². The Kier molecular flexibility index (Phi) is 5.42. The summed E-state index contributed by atoms with van der Waals surface area (Å²) in [6, 6.07) is 11.3. The van der Waals surface area contributed by atoms with Gasteiger partial charge in [0.25, 0.3) is 10.1 Å². The molecule has 3 N–H and O–H groups in total. The summed E-state index contributed by atoms with van der Waals surface area (Å²) in [7, 11) is -4.33. The number of nitrogens with zero attached hydrogens (tertiary/aromatic N) is 2. The van der Waals surface area contributed by atoms with Gasteiger partial charge in [-0.25, -0.2) is 0 Å². The van der Waals surface area contributed by atoms with E-state index in [1.165, 1.54) is 36.4 Å². The van der Waals surface area contributed by atoms with E-state index < -0.39 is 21.5 Å². The van der Waals surface area contributed by atoms with E-state index in [1.54, 1.807) is 19.1 Å². The van der Waals surface area contributed by atoms with Crippen molar-refractivity contribution < 1.29 is 31.0 Å². The number of fused-ring (bicyclic) bond motifs is 1. The van der Waals surface area contributed by atoms with Crippen LogP contribution in [0.15, 0.2) is 63.7 Å². The number of benzene rings is 3. The van der Waals surface area contributed by atoms with Gasteiger partial charge >= 0.3 is 11.4 Å². The van der Waals surface area contributed by atoms with Gasteiger partial charge in [0.2, 0.25) is 0 Å². The molecule has 0 saturated carbocycles. The average molecular weight is 422 g/mol. The molecule has 3 rings (SSSR count). The zero-order valence-electron chi connectivity index (χ0n) is 14.3. The maximum absolute atomic E-state index is 11.2. The first-order valence-corrected chi connectivity index (χ1v) is 10.2. The monoisotopic (exact) mass is 422 g/mol. The topological polar surface area (TPSA) is 146 Å². The molecule has 1 atom stereocenters. The van der Waals surface area contributed by atoms with Crippen molar-refractivity contribution in [2.75, 3.05) is 0 Å². The van der Waals surface area contributed by atoms with Gasteiger partial charge in [0.15, 0.2) is 5.75 Å². The molecule has 0 aliphatic rings. The molecule has 11 heteroatoms. The molecule has 0 saturated heterocycles. The lowest BCUT2D eigenvalue weighted by Gasteiger charge is -2.08. The normalized spacial score (nSPS) is 13.1. The third kappa shape index (κ3) is 4.17. The van der Waals surface area contributed by atoms with E-state index in [2.05, 4.69) is 10.2 Å². The minimum absolute atomic E-state index is 0.102. The average Bonchev–Trinajstić information content (AvgIpc) is 2.60. The van der Waals surface area contributed by atoms with Crippen LogP contribution >= 0.6 is 0 Å². The highest BCUT2D eigenvalue weighted by molar-refractivity contribution is 7.85. The molecule has 1 unspecified atom stereocenters. The van der Waals surface area contributed by atoms with Crippen LogP contribution in [0.1, 0.15) is 5.56 Å². The smallest absolute Gasteiger partial charge is 0.357 e. The Morgan fingerprint density at radius 1 is 1.04 bits per heavy atom. The van der Waals surface area contributed by atoms with Crippen LogP contribution in [0.5, 0.6) is 11.5 Å². The molecule has 0 spiro atoms. The van der Waals surface area contributed by atoms with E-state index in [0.29, 0.717) is 22.0 Å². The molecular weight excluding hydrogens is 408 g/mol. The third-order valence-electron chi connectivity index (χ3n) is 3.86. The molecule has 28 heavy (non-hydrogen) atoms. The van der Waals surface area contributed by atoms with Gasteiger partial charge in [0, 0.05) is 10.8 Å². The molecule has 0 bridgehead atoms. The predicted octanol–water partition coefficient (Wildman–Crippen LogP) is 4.03. The number of aryl methyl sites for hydroxylation is 1. The Morgan fingerprint density at radius 2 is 1.79 bits per heavy atom. The van der Waals surface area contributed by atoms with E-state index in [1.807, 2.05) is 0 Å². The first-order chi connectivity index (χ1) is 13.2. The van der Waals surface area contributed by atoms with Gasteiger partial charge < -0.3 is 9.29 Å². The third-order valence-corrected chi connectivity index (χ3v) is 5.03. The largest absolute Gasteiger partial charge is 0.506 e. The quantitative estimate of drug-likeness (QED) is 0.319. The van der Waals surface area contributed by atoms with E-state index in [-0.39, 0.29) is 22.1 Å². The zero-order chi connectivity index (χ0) is 20.5. The summed E-state index contributed by atoms with van der Waals surface area (Å²) in [5, 5.41) is 19.1. The Balaban J connectivity index is 2.07. The van der Waals surface area contributed by atoms with Gasteiger partial charge in [-0.15, -0.1) is 5.11 Å². The van der Waals surface area contributed by atoms with Crippen LogP contribution in [0.25, 0.3) is 10.8 Å². The number of hydrogen-bond acceptors (Lipinski definition) is 7. The summed E-state index contributed by atoms with van der Waals surface area (Å²) in [6.07, 6.45) is 0. The molecule has 0 aliphatic carbocycles. The second-order valence-electron chi connectivity index (χ2n) is 5.71. The molecule has 0 heterocycles. The molecule has 0 aliphatic heterocycles. The molecule has 3 aromatic rings. The molecule has 0 aromatic heterocycles. The minimum Gasteiger partial charge on any atom is -0.506 e. The lowest BCUT2D eigenvalue weighted by atomic mass is 10.1. The number of phenolic OH excluding ortho intramolecular Hbond substituents is 1. The Bertz CT molecular complexity index is 1220. The number of aromatic hydroxyl groups is 1. The van der Waals surface area contributed by atoms with Gasteiger partial charge in [-0.3, -0.25) is 9.11 Å². The van der Waals surface area contributed by atoms with Crippen LogP contribution in [0.2, 0.25) is 0 Å². The van der Waals surface area contributed by atoms with Crippen molar-refractivity contribution in [3.05, 3.63) is 54.1 Å². The highest BCUT2D eigenvalue weighted by atomic mass is 32.2. The van der Waals surface area contributed by atoms with Crippen LogP contribution in [-0.4, -0.2) is 26.8 Å². The van der Waals surface area contributed by atoms with Crippen molar-refractivity contribution >= 4 is 43.6 Å². The summed E-state index contributed by atoms with van der Waals surface area (Å²) in [5.41, 5.74) is 0.871. The fourth-order valence-electron chi connectivity index (χ4n) is 2.56. The molecule has 0 amide bonds. The van der Waals surface area contributed by atoms with Gasteiger partial charge in [-0.05, 0) is 48.9 Å². The molecule has 3 aromatic carbocycles. The Morgan fingerprint density at radius 3 is 2.43 bits per heavy atom. The second-order valence-corrected chi connectivity index (χ2v) is 7.73. The number of hydrogen-bond donors (Lipinski definition) is 3. The van der Waals surface area contributed by atoms with Gasteiger partial charge in [-0.2, -0.15) is 17.7 Å².